The fraction of sp³-hybridized carbons (Fsp3) is 0.944. The lowest BCUT2D eigenvalue weighted by Crippen LogP contribution is -2.30. The normalized spacial score (nSPS) is 14.6. The molecule has 0 amide bonds. The number of phosphoric acid groups is 2. The lowest BCUT2D eigenvalue weighted by atomic mass is 9.99. The van der Waals surface area contributed by atoms with Crippen LogP contribution in [0.3, 0.4) is 0 Å². The molecule has 0 radical (unpaired) electrons. The van der Waals surface area contributed by atoms with Crippen LogP contribution in [0.2, 0.25) is 0 Å². The number of aliphatic hydroxyl groups is 1. The maximum absolute atomic E-state index is 13.0. The fourth-order valence-electron chi connectivity index (χ4n) is 10.6. The molecule has 0 aromatic carbocycles. The van der Waals surface area contributed by atoms with Crippen LogP contribution >= 0.6 is 15.6 Å². The molecule has 3 N–H and O–H groups in total. The van der Waals surface area contributed by atoms with Gasteiger partial charge >= 0.3 is 39.5 Å². The zero-order chi connectivity index (χ0) is 66.8. The molecule has 0 bridgehead atoms. The van der Waals surface area contributed by atoms with Crippen LogP contribution in [-0.2, 0) is 65.4 Å². The number of ether oxygens (including phenoxy) is 4. The Labute approximate surface area is 549 Å². The molecule has 6 atom stereocenters. The Bertz CT molecular complexity index is 1780. The number of hydrogen-bond acceptors (Lipinski definition) is 15. The van der Waals surface area contributed by atoms with Gasteiger partial charge in [0.05, 0.1) is 26.4 Å². The average molecular weight is 1330 g/mol. The Morgan fingerprint density at radius 1 is 0.311 bits per heavy atom. The van der Waals surface area contributed by atoms with Gasteiger partial charge in [-0.2, -0.15) is 0 Å². The van der Waals surface area contributed by atoms with Crippen LogP contribution in [0.5, 0.6) is 0 Å². The highest BCUT2D eigenvalue weighted by Crippen LogP contribution is 2.45. The topological polar surface area (TPSA) is 237 Å². The molecule has 17 nitrogen and oxygen atoms in total. The number of esters is 4. The summed E-state index contributed by atoms with van der Waals surface area (Å²) in [5.41, 5.74) is 0. The van der Waals surface area contributed by atoms with Crippen LogP contribution in [-0.4, -0.2) is 96.7 Å². The van der Waals surface area contributed by atoms with Gasteiger partial charge in [0.15, 0.2) is 12.2 Å². The molecule has 0 saturated carbocycles. The van der Waals surface area contributed by atoms with Crippen molar-refractivity contribution in [1.29, 1.82) is 0 Å². The molecule has 90 heavy (non-hydrogen) atoms. The highest BCUT2D eigenvalue weighted by Gasteiger charge is 2.30. The van der Waals surface area contributed by atoms with E-state index in [-0.39, 0.29) is 25.7 Å². The Morgan fingerprint density at radius 3 is 0.789 bits per heavy atom. The van der Waals surface area contributed by atoms with Gasteiger partial charge in [0.2, 0.25) is 0 Å². The quantitative estimate of drug-likeness (QED) is 0.0222. The summed E-state index contributed by atoms with van der Waals surface area (Å²) in [5, 5.41) is 10.6. The molecule has 0 spiro atoms. The second kappa shape index (κ2) is 60.7. The molecular weight excluding hydrogens is 1190 g/mol. The summed E-state index contributed by atoms with van der Waals surface area (Å²) in [7, 11) is -9.90. The summed E-state index contributed by atoms with van der Waals surface area (Å²) >= 11 is 0. The van der Waals surface area contributed by atoms with Crippen molar-refractivity contribution in [1.82, 2.24) is 0 Å². The number of unbranched alkanes of at least 4 members (excludes halogenated alkanes) is 33. The Hall–Kier alpha value is -1.94. The minimum Gasteiger partial charge on any atom is -0.462 e. The van der Waals surface area contributed by atoms with E-state index in [0.717, 1.165) is 108 Å². The van der Waals surface area contributed by atoms with E-state index < -0.39 is 97.5 Å². The number of rotatable bonds is 68. The van der Waals surface area contributed by atoms with Crippen molar-refractivity contribution in [3.63, 3.8) is 0 Å². The van der Waals surface area contributed by atoms with Crippen LogP contribution in [0.15, 0.2) is 0 Å². The fourth-order valence-corrected chi connectivity index (χ4v) is 12.2. The van der Waals surface area contributed by atoms with Gasteiger partial charge in [-0.3, -0.25) is 37.3 Å². The van der Waals surface area contributed by atoms with Crippen LogP contribution in [0.4, 0.5) is 0 Å². The lowest BCUT2D eigenvalue weighted by Gasteiger charge is -2.21. The van der Waals surface area contributed by atoms with E-state index in [4.69, 9.17) is 37.0 Å². The van der Waals surface area contributed by atoms with Gasteiger partial charge in [0.1, 0.15) is 19.3 Å². The third kappa shape index (κ3) is 63.5. The second-order valence-corrected chi connectivity index (χ2v) is 30.2. The summed E-state index contributed by atoms with van der Waals surface area (Å²) in [6, 6.07) is 0. The second-order valence-electron chi connectivity index (χ2n) is 27.3. The Morgan fingerprint density at radius 2 is 0.533 bits per heavy atom. The molecule has 19 heteroatoms. The molecule has 0 aromatic heterocycles. The first-order chi connectivity index (χ1) is 43.1. The van der Waals surface area contributed by atoms with Crippen molar-refractivity contribution in [2.24, 2.45) is 23.7 Å². The van der Waals surface area contributed by atoms with E-state index in [1.807, 2.05) is 0 Å². The SMILES string of the molecule is CCC(C)CCCCCCCCCCC(=O)OC[C@H](COP(=O)(O)OCC(O)COP(=O)(O)OC[C@@H](COC(=O)CCCCCCCCCC(C)C)OC(=O)CCCCCCCCCC(C)C)OC(=O)CCCCCCCCCCCCCCCCCC(C)C. The van der Waals surface area contributed by atoms with Crippen molar-refractivity contribution in [2.75, 3.05) is 39.6 Å². The molecule has 0 rings (SSSR count). The van der Waals surface area contributed by atoms with Gasteiger partial charge in [0.25, 0.3) is 0 Å². The number of carbonyl (C=O) groups excluding carboxylic acids is 4. The maximum Gasteiger partial charge on any atom is 0.472 e. The lowest BCUT2D eigenvalue weighted by molar-refractivity contribution is -0.161. The molecule has 4 unspecified atom stereocenters. The molecule has 0 aliphatic rings. The van der Waals surface area contributed by atoms with Crippen LogP contribution in [0.1, 0.15) is 351 Å². The Balaban J connectivity index is 5.23. The molecule has 0 heterocycles. The van der Waals surface area contributed by atoms with Crippen molar-refractivity contribution in [3.05, 3.63) is 0 Å². The number of carbonyl (C=O) groups is 4. The van der Waals surface area contributed by atoms with Crippen LogP contribution in [0, 0.1) is 23.7 Å². The standard InChI is InChI=1S/C71H138O17P2/c1-9-64(8)50-42-34-26-19-20-27-35-43-51-68(73)81-57-66(87-70(75)53-45-37-28-18-16-14-12-10-11-13-15-17-23-31-39-47-61(2)3)59-85-89(77,78)83-55-65(72)56-84-90(79,80)86-60-67(88-71(76)54-46-38-30-22-25-33-41-49-63(6)7)58-82-69(74)52-44-36-29-21-24-32-40-48-62(4)5/h61-67,72H,9-60H2,1-8H3,(H,77,78)(H,79,80)/t64?,65?,66-,67-/m1/s1. The number of phosphoric ester groups is 2. The van der Waals surface area contributed by atoms with Crippen LogP contribution in [0.25, 0.3) is 0 Å². The molecule has 0 fully saturated rings. The van der Waals surface area contributed by atoms with Gasteiger partial charge in [0, 0.05) is 25.7 Å². The highest BCUT2D eigenvalue weighted by molar-refractivity contribution is 7.47. The Kier molecular flexibility index (Phi) is 59.4. The minimum absolute atomic E-state index is 0.102. The summed E-state index contributed by atoms with van der Waals surface area (Å²) in [5.74, 6) is 0.850. The van der Waals surface area contributed by atoms with E-state index in [9.17, 15) is 43.2 Å². The number of aliphatic hydroxyl groups excluding tert-OH is 1. The van der Waals surface area contributed by atoms with Gasteiger partial charge in [-0.05, 0) is 49.4 Å². The first-order valence-electron chi connectivity index (χ1n) is 36.7. The van der Waals surface area contributed by atoms with Crippen molar-refractivity contribution < 1.29 is 80.2 Å². The molecule has 0 aliphatic carbocycles. The van der Waals surface area contributed by atoms with Gasteiger partial charge in [-0.15, -0.1) is 0 Å². The first-order valence-corrected chi connectivity index (χ1v) is 39.7. The van der Waals surface area contributed by atoms with Crippen molar-refractivity contribution in [3.8, 4) is 0 Å². The summed E-state index contributed by atoms with van der Waals surface area (Å²) in [6.45, 7) is 14.1. The third-order valence-corrected chi connectivity index (χ3v) is 18.6. The van der Waals surface area contributed by atoms with Gasteiger partial charge < -0.3 is 33.8 Å². The van der Waals surface area contributed by atoms with Crippen LogP contribution < -0.4 is 0 Å². The molecule has 0 aliphatic heterocycles. The minimum atomic E-state index is -4.95. The summed E-state index contributed by atoms with van der Waals surface area (Å²) in [6.07, 6.45) is 43.2. The smallest absolute Gasteiger partial charge is 0.462 e. The average Bonchev–Trinajstić information content (AvgIpc) is 3.70. The monoisotopic (exact) mass is 1320 g/mol. The zero-order valence-electron chi connectivity index (χ0n) is 58.8. The zero-order valence-corrected chi connectivity index (χ0v) is 60.6. The first kappa shape index (κ1) is 88.1. The van der Waals surface area contributed by atoms with E-state index in [1.54, 1.807) is 0 Å². The van der Waals surface area contributed by atoms with Gasteiger partial charge in [-0.25, -0.2) is 9.13 Å². The molecule has 0 aromatic rings. The molecule has 0 saturated heterocycles. The third-order valence-electron chi connectivity index (χ3n) is 16.7. The molecule has 534 valence electrons. The largest absolute Gasteiger partial charge is 0.472 e. The highest BCUT2D eigenvalue weighted by atomic mass is 31.2. The maximum atomic E-state index is 13.0. The van der Waals surface area contributed by atoms with Gasteiger partial charge in [-0.1, -0.05) is 299 Å². The van der Waals surface area contributed by atoms with E-state index in [2.05, 4.69) is 55.4 Å². The predicted octanol–water partition coefficient (Wildman–Crippen LogP) is 20.1. The van der Waals surface area contributed by atoms with Crippen molar-refractivity contribution >= 4 is 39.5 Å². The van der Waals surface area contributed by atoms with E-state index in [0.29, 0.717) is 37.5 Å². The summed E-state index contributed by atoms with van der Waals surface area (Å²) < 4.78 is 68.3. The van der Waals surface area contributed by atoms with Crippen molar-refractivity contribution in [2.45, 2.75) is 369 Å². The molecular formula is C71H138O17P2. The van der Waals surface area contributed by atoms with E-state index >= 15 is 0 Å². The predicted molar refractivity (Wildman–Crippen MR) is 363 cm³/mol. The summed E-state index contributed by atoms with van der Waals surface area (Å²) in [4.78, 5) is 72.5. The van der Waals surface area contributed by atoms with E-state index in [1.165, 1.54) is 148 Å². The number of hydrogen-bond donors (Lipinski definition) is 3.